The molecule has 6 nitrogen and oxygen atoms in total. The van der Waals surface area contributed by atoms with Crippen LogP contribution in [0.1, 0.15) is 29.7 Å². The van der Waals surface area contributed by atoms with Crippen LogP contribution < -0.4 is 5.32 Å². The standard InChI is InChI=1S/C15H18F3N5O/c1-9-10(2)21-22-13(12(9)7-19)20-8-11-3-5-23(6-4-11)14(24)15(16,17)18/h11H,3-6,8H2,1-2H3,(H,20,22). The van der Waals surface area contributed by atoms with Crippen molar-refractivity contribution in [1.82, 2.24) is 15.1 Å². The van der Waals surface area contributed by atoms with Crippen LogP contribution in [-0.4, -0.2) is 46.8 Å². The fraction of sp³-hybridized carbons (Fsp3) is 0.600. The highest BCUT2D eigenvalue weighted by atomic mass is 19.4. The molecule has 0 aliphatic carbocycles. The first-order valence-corrected chi connectivity index (χ1v) is 7.58. The fourth-order valence-corrected chi connectivity index (χ4v) is 2.63. The van der Waals surface area contributed by atoms with Gasteiger partial charge in [0.05, 0.1) is 5.69 Å². The number of aryl methyl sites for hydroxylation is 1. The van der Waals surface area contributed by atoms with E-state index in [1.54, 1.807) is 13.8 Å². The Hall–Kier alpha value is -2.37. The summed E-state index contributed by atoms with van der Waals surface area (Å²) in [5.41, 5.74) is 1.85. The molecule has 0 radical (unpaired) electrons. The van der Waals surface area contributed by atoms with Gasteiger partial charge in [-0.25, -0.2) is 0 Å². The molecular weight excluding hydrogens is 323 g/mol. The third-order valence-electron chi connectivity index (χ3n) is 4.27. The largest absolute Gasteiger partial charge is 0.471 e. The molecule has 1 aliphatic rings. The maximum Gasteiger partial charge on any atom is 0.471 e. The van der Waals surface area contributed by atoms with Crippen molar-refractivity contribution in [3.8, 4) is 6.07 Å². The van der Waals surface area contributed by atoms with E-state index in [0.717, 1.165) is 10.5 Å². The normalized spacial score (nSPS) is 15.9. The molecule has 1 amide bonds. The number of amides is 1. The minimum atomic E-state index is -4.82. The molecule has 24 heavy (non-hydrogen) atoms. The predicted molar refractivity (Wildman–Crippen MR) is 80.1 cm³/mol. The number of piperidine rings is 1. The van der Waals surface area contributed by atoms with Gasteiger partial charge in [0.2, 0.25) is 0 Å². The van der Waals surface area contributed by atoms with Crippen molar-refractivity contribution in [1.29, 1.82) is 5.26 Å². The van der Waals surface area contributed by atoms with Crippen LogP contribution in [0.4, 0.5) is 19.0 Å². The number of likely N-dealkylation sites (tertiary alicyclic amines) is 1. The molecule has 0 spiro atoms. The van der Waals surface area contributed by atoms with Crippen LogP contribution in [-0.2, 0) is 4.79 Å². The van der Waals surface area contributed by atoms with Crippen LogP contribution in [0.2, 0.25) is 0 Å². The summed E-state index contributed by atoms with van der Waals surface area (Å²) >= 11 is 0. The van der Waals surface area contributed by atoms with E-state index >= 15 is 0 Å². The highest BCUT2D eigenvalue weighted by Gasteiger charge is 2.43. The van der Waals surface area contributed by atoms with Crippen molar-refractivity contribution in [3.05, 3.63) is 16.8 Å². The van der Waals surface area contributed by atoms with Gasteiger partial charge in [-0.15, -0.1) is 5.10 Å². The Morgan fingerprint density at radius 3 is 2.50 bits per heavy atom. The molecule has 1 aromatic rings. The minimum absolute atomic E-state index is 0.0778. The number of nitriles is 1. The number of carbonyl (C=O) groups excluding carboxylic acids is 1. The molecule has 0 aromatic carbocycles. The van der Waals surface area contributed by atoms with E-state index in [1.807, 2.05) is 0 Å². The summed E-state index contributed by atoms with van der Waals surface area (Å²) in [7, 11) is 0. The zero-order valence-electron chi connectivity index (χ0n) is 13.4. The molecular formula is C15H18F3N5O. The Bertz CT molecular complexity index is 660. The second-order valence-electron chi connectivity index (χ2n) is 5.86. The van der Waals surface area contributed by atoms with Gasteiger partial charge in [-0.05, 0) is 38.2 Å². The summed E-state index contributed by atoms with van der Waals surface area (Å²) in [6, 6.07) is 2.09. The van der Waals surface area contributed by atoms with Gasteiger partial charge in [-0.2, -0.15) is 23.5 Å². The Balaban J connectivity index is 1.91. The number of carbonyl (C=O) groups is 1. The lowest BCUT2D eigenvalue weighted by Gasteiger charge is -2.32. The minimum Gasteiger partial charge on any atom is -0.367 e. The maximum atomic E-state index is 12.4. The summed E-state index contributed by atoms with van der Waals surface area (Å²) in [5.74, 6) is -1.28. The third-order valence-corrected chi connectivity index (χ3v) is 4.27. The van der Waals surface area contributed by atoms with Crippen LogP contribution in [0.3, 0.4) is 0 Å². The van der Waals surface area contributed by atoms with E-state index in [0.29, 0.717) is 36.5 Å². The van der Waals surface area contributed by atoms with Crippen LogP contribution >= 0.6 is 0 Å². The number of aromatic nitrogens is 2. The molecule has 2 heterocycles. The fourth-order valence-electron chi connectivity index (χ4n) is 2.63. The SMILES string of the molecule is Cc1nnc(NCC2CCN(C(=O)C(F)(F)F)CC2)c(C#N)c1C. The Labute approximate surface area is 137 Å². The van der Waals surface area contributed by atoms with E-state index in [-0.39, 0.29) is 19.0 Å². The number of hydrogen-bond acceptors (Lipinski definition) is 5. The summed E-state index contributed by atoms with van der Waals surface area (Å²) in [5, 5.41) is 20.2. The second kappa shape index (κ2) is 7.03. The Morgan fingerprint density at radius 2 is 1.96 bits per heavy atom. The van der Waals surface area contributed by atoms with Crippen molar-refractivity contribution in [3.63, 3.8) is 0 Å². The average Bonchev–Trinajstić information content (AvgIpc) is 2.55. The summed E-state index contributed by atoms with van der Waals surface area (Å²) < 4.78 is 37.2. The number of alkyl halides is 3. The van der Waals surface area contributed by atoms with Crippen LogP contribution in [0.15, 0.2) is 0 Å². The van der Waals surface area contributed by atoms with Gasteiger partial charge in [0.25, 0.3) is 0 Å². The van der Waals surface area contributed by atoms with E-state index in [2.05, 4.69) is 21.6 Å². The molecule has 1 aliphatic heterocycles. The van der Waals surface area contributed by atoms with E-state index in [4.69, 9.17) is 0 Å². The lowest BCUT2D eigenvalue weighted by atomic mass is 9.96. The van der Waals surface area contributed by atoms with Gasteiger partial charge < -0.3 is 10.2 Å². The number of anilines is 1. The predicted octanol–water partition coefficient (Wildman–Crippen LogP) is 2.18. The van der Waals surface area contributed by atoms with Crippen LogP contribution in [0.5, 0.6) is 0 Å². The molecule has 1 aromatic heterocycles. The number of nitrogens with one attached hydrogen (secondary N) is 1. The number of halogens is 3. The van der Waals surface area contributed by atoms with Crippen molar-refractivity contribution < 1.29 is 18.0 Å². The van der Waals surface area contributed by atoms with Crippen LogP contribution in [0.25, 0.3) is 0 Å². The number of hydrogen-bond donors (Lipinski definition) is 1. The molecule has 9 heteroatoms. The quantitative estimate of drug-likeness (QED) is 0.911. The maximum absolute atomic E-state index is 12.4. The summed E-state index contributed by atoms with van der Waals surface area (Å²) in [4.78, 5) is 12.0. The molecule has 130 valence electrons. The zero-order valence-corrected chi connectivity index (χ0v) is 13.4. The number of rotatable bonds is 3. The Kier molecular flexibility index (Phi) is 5.26. The smallest absolute Gasteiger partial charge is 0.367 e. The average molecular weight is 341 g/mol. The zero-order chi connectivity index (χ0) is 17.9. The van der Waals surface area contributed by atoms with Gasteiger partial charge in [0.1, 0.15) is 11.6 Å². The van der Waals surface area contributed by atoms with Gasteiger partial charge in [0, 0.05) is 19.6 Å². The summed E-state index contributed by atoms with van der Waals surface area (Å²) in [6.45, 7) is 4.18. The van der Waals surface area contributed by atoms with Crippen molar-refractivity contribution in [2.24, 2.45) is 5.92 Å². The lowest BCUT2D eigenvalue weighted by molar-refractivity contribution is -0.186. The topological polar surface area (TPSA) is 81.9 Å². The van der Waals surface area contributed by atoms with Crippen molar-refractivity contribution >= 4 is 11.7 Å². The van der Waals surface area contributed by atoms with E-state index in [9.17, 15) is 23.2 Å². The molecule has 2 rings (SSSR count). The Morgan fingerprint density at radius 1 is 1.33 bits per heavy atom. The van der Waals surface area contributed by atoms with Gasteiger partial charge in [-0.3, -0.25) is 4.79 Å². The van der Waals surface area contributed by atoms with Gasteiger partial charge in [0.15, 0.2) is 5.82 Å². The van der Waals surface area contributed by atoms with Crippen LogP contribution in [0, 0.1) is 31.1 Å². The first-order valence-electron chi connectivity index (χ1n) is 7.58. The molecule has 1 fully saturated rings. The van der Waals surface area contributed by atoms with E-state index in [1.165, 1.54) is 0 Å². The van der Waals surface area contributed by atoms with Crippen molar-refractivity contribution in [2.75, 3.05) is 25.0 Å². The second-order valence-corrected chi connectivity index (χ2v) is 5.86. The molecule has 0 bridgehead atoms. The van der Waals surface area contributed by atoms with E-state index < -0.39 is 12.1 Å². The monoisotopic (exact) mass is 341 g/mol. The molecule has 1 N–H and O–H groups in total. The first-order chi connectivity index (χ1) is 11.2. The third kappa shape index (κ3) is 3.93. The highest BCUT2D eigenvalue weighted by molar-refractivity contribution is 5.81. The molecule has 0 atom stereocenters. The van der Waals surface area contributed by atoms with Gasteiger partial charge in [-0.1, -0.05) is 0 Å². The van der Waals surface area contributed by atoms with Crippen molar-refractivity contribution in [2.45, 2.75) is 32.9 Å². The molecule has 1 saturated heterocycles. The highest BCUT2D eigenvalue weighted by Crippen LogP contribution is 2.24. The summed E-state index contributed by atoms with van der Waals surface area (Å²) in [6.07, 6.45) is -3.88. The number of nitrogens with zero attached hydrogens (tertiary/aromatic N) is 4. The molecule has 0 saturated carbocycles. The first kappa shape index (κ1) is 18.0. The molecule has 0 unspecified atom stereocenters. The van der Waals surface area contributed by atoms with Gasteiger partial charge >= 0.3 is 12.1 Å². The lowest BCUT2D eigenvalue weighted by Crippen LogP contribution is -2.46.